The van der Waals surface area contributed by atoms with Crippen LogP contribution in [0.3, 0.4) is 0 Å². The topological polar surface area (TPSA) is 33.2 Å². The fourth-order valence-corrected chi connectivity index (χ4v) is 2.76. The van der Waals surface area contributed by atoms with Gasteiger partial charge in [0.05, 0.1) is 18.3 Å². The van der Waals surface area contributed by atoms with Gasteiger partial charge in [-0.1, -0.05) is 13.0 Å². The second-order valence-electron chi connectivity index (χ2n) is 5.41. The summed E-state index contributed by atoms with van der Waals surface area (Å²) in [4.78, 5) is 18.6. The van der Waals surface area contributed by atoms with Crippen LogP contribution in [0.4, 0.5) is 0 Å². The average molecular weight is 230 g/mol. The Morgan fingerprint density at radius 1 is 1.53 bits per heavy atom. The van der Waals surface area contributed by atoms with Gasteiger partial charge < -0.3 is 4.90 Å². The Labute approximate surface area is 102 Å². The van der Waals surface area contributed by atoms with Gasteiger partial charge in [0, 0.05) is 12.6 Å². The minimum absolute atomic E-state index is 0.195. The molecule has 3 nitrogen and oxygen atoms in total. The molecule has 0 radical (unpaired) electrons. The molecule has 2 heterocycles. The third kappa shape index (κ3) is 1.84. The fraction of sp³-hybridized carbons (Fsp3) is 0.571. The molecule has 90 valence electrons. The van der Waals surface area contributed by atoms with Gasteiger partial charge in [0.2, 0.25) is 5.91 Å². The fourth-order valence-electron chi connectivity index (χ4n) is 2.76. The van der Waals surface area contributed by atoms with Crippen molar-refractivity contribution in [1.29, 1.82) is 0 Å². The summed E-state index contributed by atoms with van der Waals surface area (Å²) in [5.74, 6) is 1.67. The van der Waals surface area contributed by atoms with Gasteiger partial charge in [-0.05, 0) is 36.8 Å². The predicted molar refractivity (Wildman–Crippen MR) is 65.1 cm³/mol. The van der Waals surface area contributed by atoms with E-state index in [4.69, 9.17) is 0 Å². The van der Waals surface area contributed by atoms with E-state index in [9.17, 15) is 4.79 Å². The second kappa shape index (κ2) is 3.83. The number of pyridine rings is 1. The molecular formula is C14H18N2O. The van der Waals surface area contributed by atoms with E-state index < -0.39 is 0 Å². The van der Waals surface area contributed by atoms with Crippen LogP contribution in [0, 0.1) is 11.8 Å². The average Bonchev–Trinajstić information content (AvgIpc) is 2.89. The summed E-state index contributed by atoms with van der Waals surface area (Å²) in [7, 11) is 0. The van der Waals surface area contributed by atoms with E-state index in [2.05, 4.69) is 24.9 Å². The van der Waals surface area contributed by atoms with Crippen molar-refractivity contribution in [3.8, 4) is 0 Å². The summed E-state index contributed by atoms with van der Waals surface area (Å²) in [6, 6.07) is 4.23. The van der Waals surface area contributed by atoms with Gasteiger partial charge in [0.15, 0.2) is 0 Å². The van der Waals surface area contributed by atoms with Crippen LogP contribution in [0.5, 0.6) is 0 Å². The smallest absolute Gasteiger partial charge is 0.223 e. The maximum Gasteiger partial charge on any atom is 0.223 e. The Morgan fingerprint density at radius 3 is 2.94 bits per heavy atom. The maximum atomic E-state index is 12.2. The van der Waals surface area contributed by atoms with Gasteiger partial charge in [-0.25, -0.2) is 0 Å². The molecule has 3 unspecified atom stereocenters. The van der Waals surface area contributed by atoms with Crippen molar-refractivity contribution in [3.63, 3.8) is 0 Å². The minimum Gasteiger partial charge on any atom is -0.330 e. The summed E-state index contributed by atoms with van der Waals surface area (Å²) in [6.07, 6.45) is 3.75. The maximum absolute atomic E-state index is 12.2. The Balaban J connectivity index is 1.72. The molecule has 3 heteroatoms. The third-order valence-corrected chi connectivity index (χ3v) is 4.20. The van der Waals surface area contributed by atoms with E-state index in [1.807, 2.05) is 17.2 Å². The first kappa shape index (κ1) is 10.8. The molecule has 3 rings (SSSR count). The number of carbonyl (C=O) groups excluding carboxylic acids is 1. The van der Waals surface area contributed by atoms with Crippen molar-refractivity contribution in [2.75, 3.05) is 0 Å². The number of hydrogen-bond acceptors (Lipinski definition) is 2. The molecule has 1 saturated carbocycles. The number of amides is 1. The molecule has 1 aliphatic carbocycles. The number of hydrogen-bond donors (Lipinski definition) is 0. The van der Waals surface area contributed by atoms with Crippen molar-refractivity contribution in [1.82, 2.24) is 9.88 Å². The molecule has 1 amide bonds. The Morgan fingerprint density at radius 2 is 2.29 bits per heavy atom. The van der Waals surface area contributed by atoms with Crippen molar-refractivity contribution < 1.29 is 4.79 Å². The highest BCUT2D eigenvalue weighted by Crippen LogP contribution is 2.42. The molecule has 1 aromatic heterocycles. The first-order valence-electron chi connectivity index (χ1n) is 6.40. The van der Waals surface area contributed by atoms with Crippen LogP contribution in [-0.2, 0) is 11.3 Å². The first-order chi connectivity index (χ1) is 8.16. The lowest BCUT2D eigenvalue weighted by Crippen LogP contribution is -2.28. The van der Waals surface area contributed by atoms with Crippen LogP contribution < -0.4 is 0 Å². The van der Waals surface area contributed by atoms with Gasteiger partial charge in [0.1, 0.15) is 0 Å². The molecule has 2 aliphatic rings. The zero-order valence-corrected chi connectivity index (χ0v) is 10.4. The van der Waals surface area contributed by atoms with Crippen LogP contribution in [0.15, 0.2) is 18.3 Å². The second-order valence-corrected chi connectivity index (χ2v) is 5.41. The molecule has 1 fully saturated rings. The number of nitrogens with zero attached hydrogens (tertiary/aromatic N) is 2. The van der Waals surface area contributed by atoms with E-state index >= 15 is 0 Å². The van der Waals surface area contributed by atoms with E-state index in [1.54, 1.807) is 0 Å². The van der Waals surface area contributed by atoms with E-state index in [0.29, 0.717) is 18.4 Å². The summed E-state index contributed by atoms with van der Waals surface area (Å²) in [6.45, 7) is 5.01. The molecule has 0 aromatic carbocycles. The zero-order valence-electron chi connectivity index (χ0n) is 10.4. The zero-order chi connectivity index (χ0) is 12.0. The standard InChI is InChI=1S/C14H18N2O/c1-9-6-11(9)7-14(17)16-8-13-12(10(16)2)4-3-5-15-13/h3-5,9-11H,6-8H2,1-2H3. The van der Waals surface area contributed by atoms with Crippen molar-refractivity contribution in [2.24, 2.45) is 11.8 Å². The van der Waals surface area contributed by atoms with Gasteiger partial charge in [-0.15, -0.1) is 0 Å². The molecule has 3 atom stereocenters. The van der Waals surface area contributed by atoms with Crippen LogP contribution >= 0.6 is 0 Å². The molecule has 0 bridgehead atoms. The predicted octanol–water partition coefficient (Wildman–Crippen LogP) is 2.53. The van der Waals surface area contributed by atoms with Crippen LogP contribution in [0.2, 0.25) is 0 Å². The lowest BCUT2D eigenvalue weighted by atomic mass is 10.1. The summed E-state index contributed by atoms with van der Waals surface area (Å²) < 4.78 is 0. The summed E-state index contributed by atoms with van der Waals surface area (Å²) in [5, 5.41) is 0. The summed E-state index contributed by atoms with van der Waals surface area (Å²) >= 11 is 0. The van der Waals surface area contributed by atoms with E-state index in [0.717, 1.165) is 18.0 Å². The molecule has 0 N–H and O–H groups in total. The van der Waals surface area contributed by atoms with Crippen molar-refractivity contribution >= 4 is 5.91 Å². The number of aromatic nitrogens is 1. The van der Waals surface area contributed by atoms with Crippen molar-refractivity contribution in [3.05, 3.63) is 29.6 Å². The van der Waals surface area contributed by atoms with E-state index in [1.165, 1.54) is 12.0 Å². The molecule has 1 aliphatic heterocycles. The molecule has 1 aromatic rings. The van der Waals surface area contributed by atoms with Crippen molar-refractivity contribution in [2.45, 2.75) is 39.3 Å². The van der Waals surface area contributed by atoms with Gasteiger partial charge in [-0.2, -0.15) is 0 Å². The third-order valence-electron chi connectivity index (χ3n) is 4.20. The highest BCUT2D eigenvalue weighted by atomic mass is 16.2. The Bertz CT molecular complexity index is 457. The SMILES string of the molecule is CC1CC1CC(=O)N1Cc2ncccc2C1C. The quantitative estimate of drug-likeness (QED) is 0.782. The van der Waals surface area contributed by atoms with Crippen LogP contribution in [0.25, 0.3) is 0 Å². The summed E-state index contributed by atoms with van der Waals surface area (Å²) in [5.41, 5.74) is 2.28. The van der Waals surface area contributed by atoms with E-state index in [-0.39, 0.29) is 6.04 Å². The van der Waals surface area contributed by atoms with Gasteiger partial charge >= 0.3 is 0 Å². The molecule has 0 spiro atoms. The van der Waals surface area contributed by atoms with Crippen LogP contribution in [-0.4, -0.2) is 15.8 Å². The van der Waals surface area contributed by atoms with Crippen LogP contribution in [0.1, 0.15) is 44.0 Å². The Kier molecular flexibility index (Phi) is 2.42. The normalized spacial score (nSPS) is 30.2. The molecular weight excluding hydrogens is 212 g/mol. The highest BCUT2D eigenvalue weighted by Gasteiger charge is 2.38. The molecule has 17 heavy (non-hydrogen) atoms. The first-order valence-corrected chi connectivity index (χ1v) is 6.40. The minimum atomic E-state index is 0.195. The lowest BCUT2D eigenvalue weighted by molar-refractivity contribution is -0.133. The number of carbonyl (C=O) groups is 1. The Hall–Kier alpha value is -1.38. The van der Waals surface area contributed by atoms with Gasteiger partial charge in [-0.3, -0.25) is 9.78 Å². The monoisotopic (exact) mass is 230 g/mol. The highest BCUT2D eigenvalue weighted by molar-refractivity contribution is 5.78. The van der Waals surface area contributed by atoms with Gasteiger partial charge in [0.25, 0.3) is 0 Å². The lowest BCUT2D eigenvalue weighted by Gasteiger charge is -2.21. The molecule has 0 saturated heterocycles. The number of fused-ring (bicyclic) bond motifs is 1. The number of rotatable bonds is 2. The largest absolute Gasteiger partial charge is 0.330 e.